The first-order chi connectivity index (χ1) is 10.6. The SMILES string of the molecule is CC(=O)N1C[C@@H]2C[C@]2(c2ccccc2)C(=O)c2ncccc21. The first kappa shape index (κ1) is 13.2. The summed E-state index contributed by atoms with van der Waals surface area (Å²) in [6, 6.07) is 13.5. The molecule has 2 heterocycles. The van der Waals surface area contributed by atoms with E-state index in [2.05, 4.69) is 4.98 Å². The number of anilines is 1. The summed E-state index contributed by atoms with van der Waals surface area (Å²) in [6.45, 7) is 2.12. The molecular weight excluding hydrogens is 276 g/mol. The fraction of sp³-hybridized carbons (Fsp3) is 0.278. The number of fused-ring (bicyclic) bond motifs is 2. The number of nitrogens with zero attached hydrogens (tertiary/aromatic N) is 2. The minimum absolute atomic E-state index is 0.0437. The van der Waals surface area contributed by atoms with Crippen molar-refractivity contribution in [2.24, 2.45) is 5.92 Å². The predicted molar refractivity (Wildman–Crippen MR) is 82.8 cm³/mol. The van der Waals surface area contributed by atoms with Gasteiger partial charge in [0.1, 0.15) is 5.69 Å². The van der Waals surface area contributed by atoms with Crippen LogP contribution in [0.4, 0.5) is 5.69 Å². The Morgan fingerprint density at radius 2 is 2.00 bits per heavy atom. The summed E-state index contributed by atoms with van der Waals surface area (Å²) in [7, 11) is 0. The van der Waals surface area contributed by atoms with E-state index in [4.69, 9.17) is 0 Å². The summed E-state index contributed by atoms with van der Waals surface area (Å²) in [4.78, 5) is 31.2. The molecule has 22 heavy (non-hydrogen) atoms. The number of carbonyl (C=O) groups excluding carboxylic acids is 2. The fourth-order valence-electron chi connectivity index (χ4n) is 3.67. The highest BCUT2D eigenvalue weighted by atomic mass is 16.2. The second kappa shape index (κ2) is 4.50. The molecule has 0 saturated heterocycles. The van der Waals surface area contributed by atoms with Crippen LogP contribution in [-0.2, 0) is 10.2 Å². The number of carbonyl (C=O) groups is 2. The maximum atomic E-state index is 13.2. The maximum absolute atomic E-state index is 13.2. The fourth-order valence-corrected chi connectivity index (χ4v) is 3.67. The molecule has 0 radical (unpaired) electrons. The molecule has 2 aliphatic rings. The Hall–Kier alpha value is -2.49. The van der Waals surface area contributed by atoms with Crippen LogP contribution in [0.15, 0.2) is 48.7 Å². The van der Waals surface area contributed by atoms with E-state index in [0.29, 0.717) is 17.9 Å². The Morgan fingerprint density at radius 1 is 1.23 bits per heavy atom. The van der Waals surface area contributed by atoms with Crippen LogP contribution in [-0.4, -0.2) is 23.2 Å². The van der Waals surface area contributed by atoms with Gasteiger partial charge in [-0.15, -0.1) is 0 Å². The Balaban J connectivity index is 1.89. The van der Waals surface area contributed by atoms with Crippen molar-refractivity contribution in [1.29, 1.82) is 0 Å². The molecule has 4 rings (SSSR count). The molecule has 1 aliphatic heterocycles. The average molecular weight is 292 g/mol. The van der Waals surface area contributed by atoms with Crippen LogP contribution in [0.3, 0.4) is 0 Å². The smallest absolute Gasteiger partial charge is 0.223 e. The van der Waals surface area contributed by atoms with Gasteiger partial charge in [0.05, 0.1) is 11.1 Å². The maximum Gasteiger partial charge on any atom is 0.223 e. The van der Waals surface area contributed by atoms with Gasteiger partial charge in [-0.3, -0.25) is 14.6 Å². The number of rotatable bonds is 1. The molecule has 1 aromatic heterocycles. The van der Waals surface area contributed by atoms with Crippen molar-refractivity contribution in [3.05, 3.63) is 59.9 Å². The summed E-state index contributed by atoms with van der Waals surface area (Å²) in [5.41, 5.74) is 1.59. The number of aromatic nitrogens is 1. The molecule has 0 N–H and O–H groups in total. The lowest BCUT2D eigenvalue weighted by molar-refractivity contribution is -0.116. The second-order valence-electron chi connectivity index (χ2n) is 6.07. The van der Waals surface area contributed by atoms with Gasteiger partial charge in [0, 0.05) is 19.7 Å². The number of pyridine rings is 1. The highest BCUT2D eigenvalue weighted by Crippen LogP contribution is 2.58. The number of ketones is 1. The van der Waals surface area contributed by atoms with Crippen LogP contribution < -0.4 is 4.90 Å². The van der Waals surface area contributed by atoms with E-state index in [-0.39, 0.29) is 17.6 Å². The van der Waals surface area contributed by atoms with E-state index in [1.165, 1.54) is 0 Å². The Kier molecular flexibility index (Phi) is 2.70. The van der Waals surface area contributed by atoms with Crippen molar-refractivity contribution in [1.82, 2.24) is 4.98 Å². The molecule has 1 saturated carbocycles. The molecule has 2 aromatic rings. The summed E-state index contributed by atoms with van der Waals surface area (Å²) in [5.74, 6) is 0.168. The summed E-state index contributed by atoms with van der Waals surface area (Å²) in [6.07, 6.45) is 2.41. The van der Waals surface area contributed by atoms with Crippen LogP contribution in [0.2, 0.25) is 0 Å². The Bertz CT molecular complexity index is 772. The van der Waals surface area contributed by atoms with Gasteiger partial charge in [-0.05, 0) is 30.0 Å². The minimum atomic E-state index is -0.505. The number of Topliss-reactive ketones (excluding diaryl/α,β-unsaturated/α-hetero) is 1. The molecule has 1 fully saturated rings. The van der Waals surface area contributed by atoms with Gasteiger partial charge >= 0.3 is 0 Å². The standard InChI is InChI=1S/C18H16N2O2/c1-12(21)20-11-14-10-18(14,13-6-3-2-4-7-13)17(22)16-15(20)8-5-9-19-16/h2-9,14H,10-11H2,1H3/t14-,18+/m0/s1. The zero-order valence-corrected chi connectivity index (χ0v) is 12.3. The highest BCUT2D eigenvalue weighted by molar-refractivity contribution is 6.12. The van der Waals surface area contributed by atoms with E-state index in [1.54, 1.807) is 24.1 Å². The molecule has 4 nitrogen and oxygen atoms in total. The molecular formula is C18H16N2O2. The topological polar surface area (TPSA) is 50.3 Å². The molecule has 4 heteroatoms. The van der Waals surface area contributed by atoms with Crippen LogP contribution in [0.5, 0.6) is 0 Å². The monoisotopic (exact) mass is 292 g/mol. The van der Waals surface area contributed by atoms with Gasteiger partial charge in [0.15, 0.2) is 5.78 Å². The third-order valence-electron chi connectivity index (χ3n) is 4.87. The molecule has 1 amide bonds. The molecule has 0 unspecified atom stereocenters. The van der Waals surface area contributed by atoms with Gasteiger partial charge in [0.2, 0.25) is 5.91 Å². The molecule has 1 aromatic carbocycles. The third-order valence-corrected chi connectivity index (χ3v) is 4.87. The molecule has 110 valence electrons. The zero-order valence-electron chi connectivity index (χ0n) is 12.3. The Labute approximate surface area is 128 Å². The number of hydrogen-bond acceptors (Lipinski definition) is 3. The quantitative estimate of drug-likeness (QED) is 0.811. The number of amides is 1. The lowest BCUT2D eigenvalue weighted by atomic mass is 9.87. The van der Waals surface area contributed by atoms with Crippen molar-refractivity contribution in [2.75, 3.05) is 11.4 Å². The van der Waals surface area contributed by atoms with Crippen LogP contribution >= 0.6 is 0 Å². The highest BCUT2D eigenvalue weighted by Gasteiger charge is 2.63. The van der Waals surface area contributed by atoms with Crippen molar-refractivity contribution in [3.63, 3.8) is 0 Å². The van der Waals surface area contributed by atoms with E-state index in [0.717, 1.165) is 12.0 Å². The molecule has 0 bridgehead atoms. The van der Waals surface area contributed by atoms with Crippen molar-refractivity contribution < 1.29 is 9.59 Å². The summed E-state index contributed by atoms with van der Waals surface area (Å²) < 4.78 is 0. The summed E-state index contributed by atoms with van der Waals surface area (Å²) >= 11 is 0. The third kappa shape index (κ3) is 1.67. The van der Waals surface area contributed by atoms with Crippen LogP contribution in [0.25, 0.3) is 0 Å². The second-order valence-corrected chi connectivity index (χ2v) is 6.07. The zero-order chi connectivity index (χ0) is 15.3. The molecule has 0 spiro atoms. The number of benzene rings is 1. The van der Waals surface area contributed by atoms with Gasteiger partial charge in [-0.1, -0.05) is 30.3 Å². The number of hydrogen-bond donors (Lipinski definition) is 0. The van der Waals surface area contributed by atoms with Gasteiger partial charge in [-0.25, -0.2) is 0 Å². The first-order valence-electron chi connectivity index (χ1n) is 7.48. The minimum Gasteiger partial charge on any atom is -0.310 e. The predicted octanol–water partition coefficient (Wildman–Crippen LogP) is 2.59. The molecule has 2 atom stereocenters. The normalized spacial score (nSPS) is 26.0. The van der Waals surface area contributed by atoms with Crippen molar-refractivity contribution >= 4 is 17.4 Å². The van der Waals surface area contributed by atoms with Gasteiger partial charge in [0.25, 0.3) is 0 Å². The van der Waals surface area contributed by atoms with E-state index in [9.17, 15) is 9.59 Å². The van der Waals surface area contributed by atoms with Crippen molar-refractivity contribution in [2.45, 2.75) is 18.8 Å². The largest absolute Gasteiger partial charge is 0.310 e. The first-order valence-corrected chi connectivity index (χ1v) is 7.48. The van der Waals surface area contributed by atoms with E-state index < -0.39 is 5.41 Å². The van der Waals surface area contributed by atoms with Crippen molar-refractivity contribution in [3.8, 4) is 0 Å². The van der Waals surface area contributed by atoms with Gasteiger partial charge < -0.3 is 4.90 Å². The molecule has 1 aliphatic carbocycles. The van der Waals surface area contributed by atoms with Gasteiger partial charge in [-0.2, -0.15) is 0 Å². The Morgan fingerprint density at radius 3 is 2.73 bits per heavy atom. The lowest BCUT2D eigenvalue weighted by Gasteiger charge is -2.20. The lowest BCUT2D eigenvalue weighted by Crippen LogP contribution is -2.31. The van der Waals surface area contributed by atoms with Crippen LogP contribution in [0, 0.1) is 5.92 Å². The van der Waals surface area contributed by atoms with E-state index >= 15 is 0 Å². The van der Waals surface area contributed by atoms with Crippen LogP contribution in [0.1, 0.15) is 29.4 Å². The summed E-state index contributed by atoms with van der Waals surface area (Å²) in [5, 5.41) is 0. The average Bonchev–Trinajstić information content (AvgIpc) is 3.28. The van der Waals surface area contributed by atoms with E-state index in [1.807, 2.05) is 36.4 Å².